The molecule has 0 aromatic carbocycles. The fourth-order valence-corrected chi connectivity index (χ4v) is 2.61. The van der Waals surface area contributed by atoms with Gasteiger partial charge in [0.25, 0.3) is 0 Å². The molecule has 18 heavy (non-hydrogen) atoms. The first kappa shape index (κ1) is 10.9. The van der Waals surface area contributed by atoms with Gasteiger partial charge in [-0.3, -0.25) is 14.2 Å². The molecule has 0 unspecified atom stereocenters. The molecule has 0 radical (unpaired) electrons. The number of fused-ring (bicyclic) bond motifs is 1. The third-order valence-corrected chi connectivity index (χ3v) is 3.37. The standard InChI is InChI=1S/C12H9N3O2S/c16-10(17)6-9-11(8-2-1-3-13-7-8)14-12-15(9)4-5-18-12/h1-5,7H,6H2,(H,16,17). The zero-order valence-corrected chi connectivity index (χ0v) is 10.1. The number of imidazole rings is 1. The van der Waals surface area contributed by atoms with E-state index in [4.69, 9.17) is 5.11 Å². The van der Waals surface area contributed by atoms with Crippen LogP contribution in [0.4, 0.5) is 0 Å². The summed E-state index contributed by atoms with van der Waals surface area (Å²) in [6.45, 7) is 0. The number of carbonyl (C=O) groups is 1. The second kappa shape index (κ2) is 4.23. The van der Waals surface area contributed by atoms with E-state index < -0.39 is 5.97 Å². The molecule has 0 aliphatic heterocycles. The zero-order chi connectivity index (χ0) is 12.5. The molecule has 0 saturated heterocycles. The number of thiazole rings is 1. The van der Waals surface area contributed by atoms with Gasteiger partial charge in [-0.25, -0.2) is 4.98 Å². The van der Waals surface area contributed by atoms with Gasteiger partial charge in [-0.1, -0.05) is 0 Å². The first-order valence-electron chi connectivity index (χ1n) is 5.32. The molecule has 3 aromatic heterocycles. The largest absolute Gasteiger partial charge is 0.481 e. The first-order chi connectivity index (χ1) is 8.75. The maximum Gasteiger partial charge on any atom is 0.309 e. The second-order valence-electron chi connectivity index (χ2n) is 3.77. The minimum atomic E-state index is -0.867. The normalized spacial score (nSPS) is 10.9. The smallest absolute Gasteiger partial charge is 0.309 e. The van der Waals surface area contributed by atoms with Gasteiger partial charge in [0, 0.05) is 29.5 Å². The molecule has 3 rings (SSSR count). The van der Waals surface area contributed by atoms with E-state index >= 15 is 0 Å². The van der Waals surface area contributed by atoms with Gasteiger partial charge in [0.2, 0.25) is 0 Å². The molecule has 0 aliphatic rings. The van der Waals surface area contributed by atoms with Crippen LogP contribution in [0.25, 0.3) is 16.2 Å². The van der Waals surface area contributed by atoms with Crippen LogP contribution in [0.2, 0.25) is 0 Å². The van der Waals surface area contributed by atoms with E-state index in [1.54, 1.807) is 12.4 Å². The Kier molecular flexibility index (Phi) is 2.56. The van der Waals surface area contributed by atoms with Gasteiger partial charge < -0.3 is 5.11 Å². The lowest BCUT2D eigenvalue weighted by Crippen LogP contribution is -2.04. The van der Waals surface area contributed by atoms with Crippen LogP contribution in [0.5, 0.6) is 0 Å². The highest BCUT2D eigenvalue weighted by molar-refractivity contribution is 7.15. The van der Waals surface area contributed by atoms with Crippen LogP contribution in [0.1, 0.15) is 5.69 Å². The van der Waals surface area contributed by atoms with Crippen LogP contribution in [0.3, 0.4) is 0 Å². The van der Waals surface area contributed by atoms with Crippen molar-refractivity contribution < 1.29 is 9.90 Å². The van der Waals surface area contributed by atoms with E-state index in [1.807, 2.05) is 28.1 Å². The topological polar surface area (TPSA) is 67.5 Å². The molecule has 5 nitrogen and oxygen atoms in total. The Morgan fingerprint density at radius 3 is 3.11 bits per heavy atom. The third-order valence-electron chi connectivity index (χ3n) is 2.61. The summed E-state index contributed by atoms with van der Waals surface area (Å²) in [5.41, 5.74) is 2.22. The predicted octanol–water partition coefficient (Wildman–Crippen LogP) is 2.08. The Labute approximate surface area is 106 Å². The molecule has 0 spiro atoms. The molecule has 0 bridgehead atoms. The van der Waals surface area contributed by atoms with Crippen molar-refractivity contribution in [3.05, 3.63) is 41.8 Å². The number of hydrogen-bond acceptors (Lipinski definition) is 4. The van der Waals surface area contributed by atoms with Crippen molar-refractivity contribution in [1.29, 1.82) is 0 Å². The van der Waals surface area contributed by atoms with Gasteiger partial charge in [-0.2, -0.15) is 0 Å². The van der Waals surface area contributed by atoms with Crippen LogP contribution in [0.15, 0.2) is 36.1 Å². The van der Waals surface area contributed by atoms with Crippen LogP contribution in [-0.2, 0) is 11.2 Å². The van der Waals surface area contributed by atoms with Gasteiger partial charge >= 0.3 is 5.97 Å². The van der Waals surface area contributed by atoms with Crippen LogP contribution >= 0.6 is 11.3 Å². The molecule has 90 valence electrons. The predicted molar refractivity (Wildman–Crippen MR) is 67.6 cm³/mol. The first-order valence-corrected chi connectivity index (χ1v) is 6.20. The Balaban J connectivity index is 2.21. The van der Waals surface area contributed by atoms with Crippen molar-refractivity contribution in [3.63, 3.8) is 0 Å². The quantitative estimate of drug-likeness (QED) is 0.782. The minimum Gasteiger partial charge on any atom is -0.481 e. The van der Waals surface area contributed by atoms with Gasteiger partial charge in [0.15, 0.2) is 4.96 Å². The van der Waals surface area contributed by atoms with E-state index in [0.717, 1.165) is 10.5 Å². The summed E-state index contributed by atoms with van der Waals surface area (Å²) in [4.78, 5) is 20.3. The summed E-state index contributed by atoms with van der Waals surface area (Å²) >= 11 is 1.48. The summed E-state index contributed by atoms with van der Waals surface area (Å²) < 4.78 is 1.82. The molecule has 3 heterocycles. The van der Waals surface area contributed by atoms with E-state index in [0.29, 0.717) is 11.4 Å². The molecule has 0 fully saturated rings. The second-order valence-corrected chi connectivity index (χ2v) is 4.65. The number of carboxylic acid groups (broad SMARTS) is 1. The molecule has 1 N–H and O–H groups in total. The van der Waals surface area contributed by atoms with Crippen molar-refractivity contribution in [3.8, 4) is 11.3 Å². The Bertz CT molecular complexity index is 703. The Morgan fingerprint density at radius 1 is 1.50 bits per heavy atom. The minimum absolute atomic E-state index is 0.0534. The summed E-state index contributed by atoms with van der Waals surface area (Å²) in [7, 11) is 0. The van der Waals surface area contributed by atoms with E-state index in [2.05, 4.69) is 9.97 Å². The number of pyridine rings is 1. The van der Waals surface area contributed by atoms with Gasteiger partial charge in [-0.15, -0.1) is 11.3 Å². The fourth-order valence-electron chi connectivity index (χ4n) is 1.88. The highest BCUT2D eigenvalue weighted by Gasteiger charge is 2.17. The molecule has 0 amide bonds. The van der Waals surface area contributed by atoms with Crippen molar-refractivity contribution >= 4 is 22.3 Å². The van der Waals surface area contributed by atoms with Crippen molar-refractivity contribution in [2.45, 2.75) is 6.42 Å². The highest BCUT2D eigenvalue weighted by atomic mass is 32.1. The Hall–Kier alpha value is -2.21. The molecule has 6 heteroatoms. The van der Waals surface area contributed by atoms with Crippen LogP contribution in [0, 0.1) is 0 Å². The summed E-state index contributed by atoms with van der Waals surface area (Å²) in [6, 6.07) is 3.69. The number of aliphatic carboxylic acids is 1. The molecule has 0 aliphatic carbocycles. The van der Waals surface area contributed by atoms with Gasteiger partial charge in [0.1, 0.15) is 0 Å². The maximum atomic E-state index is 11.0. The molecule has 0 saturated carbocycles. The van der Waals surface area contributed by atoms with Gasteiger partial charge in [-0.05, 0) is 12.1 Å². The molecular formula is C12H9N3O2S. The third kappa shape index (κ3) is 1.76. The van der Waals surface area contributed by atoms with Crippen LogP contribution < -0.4 is 0 Å². The van der Waals surface area contributed by atoms with Crippen molar-refractivity contribution in [1.82, 2.24) is 14.4 Å². The van der Waals surface area contributed by atoms with Crippen molar-refractivity contribution in [2.24, 2.45) is 0 Å². The fraction of sp³-hybridized carbons (Fsp3) is 0.0833. The van der Waals surface area contributed by atoms with E-state index in [9.17, 15) is 4.79 Å². The maximum absolute atomic E-state index is 11.0. The molecule has 0 atom stereocenters. The average Bonchev–Trinajstić information content (AvgIpc) is 2.93. The number of nitrogens with zero attached hydrogens (tertiary/aromatic N) is 3. The number of carboxylic acids is 1. The SMILES string of the molecule is O=C(O)Cc1c(-c2cccnc2)nc2sccn12. The lowest BCUT2D eigenvalue weighted by atomic mass is 10.1. The van der Waals surface area contributed by atoms with Gasteiger partial charge in [0.05, 0.1) is 17.8 Å². The number of rotatable bonds is 3. The lowest BCUT2D eigenvalue weighted by Gasteiger charge is -2.00. The summed E-state index contributed by atoms with van der Waals surface area (Å²) in [5.74, 6) is -0.867. The molecular weight excluding hydrogens is 250 g/mol. The van der Waals surface area contributed by atoms with E-state index in [-0.39, 0.29) is 6.42 Å². The van der Waals surface area contributed by atoms with Crippen molar-refractivity contribution in [2.75, 3.05) is 0 Å². The van der Waals surface area contributed by atoms with E-state index in [1.165, 1.54) is 11.3 Å². The average molecular weight is 259 g/mol. The summed E-state index contributed by atoms with van der Waals surface area (Å²) in [5, 5.41) is 10.9. The molecule has 3 aromatic rings. The zero-order valence-electron chi connectivity index (χ0n) is 9.28. The Morgan fingerprint density at radius 2 is 2.39 bits per heavy atom. The monoisotopic (exact) mass is 259 g/mol. The number of hydrogen-bond donors (Lipinski definition) is 1. The number of aromatic nitrogens is 3. The summed E-state index contributed by atoms with van der Waals surface area (Å²) in [6.07, 6.45) is 5.16. The highest BCUT2D eigenvalue weighted by Crippen LogP contribution is 2.26. The lowest BCUT2D eigenvalue weighted by molar-refractivity contribution is -0.136. The van der Waals surface area contributed by atoms with Crippen LogP contribution in [-0.4, -0.2) is 25.4 Å².